The fourth-order valence-corrected chi connectivity index (χ4v) is 2.48. The third-order valence-electron chi connectivity index (χ3n) is 3.47. The number of nitrogens with two attached hydrogens (primary N) is 1. The van der Waals surface area contributed by atoms with Crippen LogP contribution in [0.5, 0.6) is 0 Å². The highest BCUT2D eigenvalue weighted by atomic mass is 15.2. The number of hydrogen-bond acceptors (Lipinski definition) is 2. The van der Waals surface area contributed by atoms with E-state index in [0.29, 0.717) is 11.5 Å². The standard InChI is InChI=1S/C10H20N2/c1-10(4-2-5-10)8-12-6-3-9(11)7-12/h9H,2-8,11H2,1H3. The van der Waals surface area contributed by atoms with E-state index in [4.69, 9.17) is 5.73 Å². The molecule has 1 aliphatic heterocycles. The summed E-state index contributed by atoms with van der Waals surface area (Å²) in [5.41, 5.74) is 6.50. The Hall–Kier alpha value is -0.0800. The van der Waals surface area contributed by atoms with Crippen LogP contribution in [0.25, 0.3) is 0 Å². The Morgan fingerprint density at radius 1 is 1.50 bits per heavy atom. The zero-order valence-electron chi connectivity index (χ0n) is 8.05. The van der Waals surface area contributed by atoms with Gasteiger partial charge in [-0.15, -0.1) is 0 Å². The van der Waals surface area contributed by atoms with Crippen LogP contribution >= 0.6 is 0 Å². The molecular weight excluding hydrogens is 148 g/mol. The Morgan fingerprint density at radius 2 is 2.25 bits per heavy atom. The maximum absolute atomic E-state index is 5.86. The smallest absolute Gasteiger partial charge is 0.0180 e. The van der Waals surface area contributed by atoms with Gasteiger partial charge in [-0.05, 0) is 31.2 Å². The maximum atomic E-state index is 5.86. The van der Waals surface area contributed by atoms with Crippen LogP contribution < -0.4 is 5.73 Å². The van der Waals surface area contributed by atoms with Crippen molar-refractivity contribution in [1.82, 2.24) is 4.90 Å². The van der Waals surface area contributed by atoms with Crippen LogP contribution in [0.4, 0.5) is 0 Å². The van der Waals surface area contributed by atoms with Gasteiger partial charge in [0.2, 0.25) is 0 Å². The van der Waals surface area contributed by atoms with E-state index in [1.807, 2.05) is 0 Å². The van der Waals surface area contributed by atoms with Crippen LogP contribution in [0.3, 0.4) is 0 Å². The van der Waals surface area contributed by atoms with Gasteiger partial charge in [-0.1, -0.05) is 13.3 Å². The third-order valence-corrected chi connectivity index (χ3v) is 3.47. The largest absolute Gasteiger partial charge is 0.326 e. The Kier molecular flexibility index (Phi) is 2.13. The zero-order valence-corrected chi connectivity index (χ0v) is 8.05. The molecule has 0 aromatic heterocycles. The fourth-order valence-electron chi connectivity index (χ4n) is 2.48. The molecule has 1 atom stereocenters. The van der Waals surface area contributed by atoms with Gasteiger partial charge in [0, 0.05) is 19.1 Å². The Bertz CT molecular complexity index is 163. The number of nitrogens with zero attached hydrogens (tertiary/aromatic N) is 1. The van der Waals surface area contributed by atoms with Crippen molar-refractivity contribution in [2.24, 2.45) is 11.1 Å². The van der Waals surface area contributed by atoms with Crippen LogP contribution in [0.2, 0.25) is 0 Å². The molecule has 0 bridgehead atoms. The van der Waals surface area contributed by atoms with Crippen molar-refractivity contribution in [3.8, 4) is 0 Å². The molecule has 2 N–H and O–H groups in total. The average Bonchev–Trinajstić information content (AvgIpc) is 2.32. The first-order valence-electron chi connectivity index (χ1n) is 5.16. The molecule has 0 aromatic rings. The molecule has 0 aromatic carbocycles. The summed E-state index contributed by atoms with van der Waals surface area (Å²) in [5, 5.41) is 0. The normalized spacial score (nSPS) is 35.0. The monoisotopic (exact) mass is 168 g/mol. The lowest BCUT2D eigenvalue weighted by molar-refractivity contribution is 0.0979. The SMILES string of the molecule is CC1(CN2CCC(N)C2)CCC1. The predicted octanol–water partition coefficient (Wildman–Crippen LogP) is 1.21. The average molecular weight is 168 g/mol. The second kappa shape index (κ2) is 3.00. The van der Waals surface area contributed by atoms with Crippen molar-refractivity contribution < 1.29 is 0 Å². The molecule has 1 unspecified atom stereocenters. The van der Waals surface area contributed by atoms with Gasteiger partial charge in [0.1, 0.15) is 0 Å². The third kappa shape index (κ3) is 1.64. The Morgan fingerprint density at radius 3 is 2.67 bits per heavy atom. The summed E-state index contributed by atoms with van der Waals surface area (Å²) in [4.78, 5) is 2.55. The van der Waals surface area contributed by atoms with E-state index >= 15 is 0 Å². The van der Waals surface area contributed by atoms with E-state index in [1.165, 1.54) is 38.8 Å². The Labute approximate surface area is 75.1 Å². The van der Waals surface area contributed by atoms with E-state index in [9.17, 15) is 0 Å². The molecule has 0 amide bonds. The van der Waals surface area contributed by atoms with Crippen molar-refractivity contribution in [2.45, 2.75) is 38.6 Å². The zero-order chi connectivity index (χ0) is 8.60. The van der Waals surface area contributed by atoms with Gasteiger partial charge in [-0.25, -0.2) is 0 Å². The summed E-state index contributed by atoms with van der Waals surface area (Å²) >= 11 is 0. The van der Waals surface area contributed by atoms with E-state index in [2.05, 4.69) is 11.8 Å². The lowest BCUT2D eigenvalue weighted by Crippen LogP contribution is -2.40. The van der Waals surface area contributed by atoms with Gasteiger partial charge in [0.15, 0.2) is 0 Å². The van der Waals surface area contributed by atoms with Crippen LogP contribution in [0.15, 0.2) is 0 Å². The summed E-state index contributed by atoms with van der Waals surface area (Å²) in [6.07, 6.45) is 5.50. The van der Waals surface area contributed by atoms with Crippen LogP contribution in [-0.2, 0) is 0 Å². The minimum absolute atomic E-state index is 0.452. The molecular formula is C10H20N2. The Balaban J connectivity index is 1.79. The van der Waals surface area contributed by atoms with E-state index < -0.39 is 0 Å². The topological polar surface area (TPSA) is 29.3 Å². The van der Waals surface area contributed by atoms with E-state index in [0.717, 1.165) is 6.54 Å². The molecule has 1 aliphatic carbocycles. The highest BCUT2D eigenvalue weighted by Crippen LogP contribution is 2.41. The second-order valence-corrected chi connectivity index (χ2v) is 4.95. The molecule has 2 heteroatoms. The predicted molar refractivity (Wildman–Crippen MR) is 51.0 cm³/mol. The molecule has 2 nitrogen and oxygen atoms in total. The lowest BCUT2D eigenvalue weighted by atomic mass is 9.70. The first-order chi connectivity index (χ1) is 5.68. The van der Waals surface area contributed by atoms with E-state index in [1.54, 1.807) is 0 Å². The molecule has 1 heterocycles. The summed E-state index contributed by atoms with van der Waals surface area (Å²) in [6.45, 7) is 6.08. The van der Waals surface area contributed by atoms with Gasteiger partial charge >= 0.3 is 0 Å². The van der Waals surface area contributed by atoms with Gasteiger partial charge in [0.25, 0.3) is 0 Å². The first-order valence-corrected chi connectivity index (χ1v) is 5.16. The van der Waals surface area contributed by atoms with E-state index in [-0.39, 0.29) is 0 Å². The van der Waals surface area contributed by atoms with Crippen molar-refractivity contribution in [2.75, 3.05) is 19.6 Å². The second-order valence-electron chi connectivity index (χ2n) is 4.95. The van der Waals surface area contributed by atoms with Gasteiger partial charge in [-0.2, -0.15) is 0 Å². The molecule has 2 rings (SSSR count). The first kappa shape index (κ1) is 8.52. The molecule has 1 saturated heterocycles. The molecule has 2 aliphatic rings. The maximum Gasteiger partial charge on any atom is 0.0180 e. The number of likely N-dealkylation sites (tertiary alicyclic amines) is 1. The highest BCUT2D eigenvalue weighted by molar-refractivity contribution is 4.89. The molecule has 0 spiro atoms. The molecule has 2 fully saturated rings. The van der Waals surface area contributed by atoms with Gasteiger partial charge in [-0.3, -0.25) is 0 Å². The molecule has 0 radical (unpaired) electrons. The van der Waals surface area contributed by atoms with Crippen LogP contribution in [0, 0.1) is 5.41 Å². The lowest BCUT2D eigenvalue weighted by Gasteiger charge is -2.41. The fraction of sp³-hybridized carbons (Fsp3) is 1.00. The summed E-state index contributed by atoms with van der Waals surface area (Å²) < 4.78 is 0. The van der Waals surface area contributed by atoms with Crippen molar-refractivity contribution >= 4 is 0 Å². The highest BCUT2D eigenvalue weighted by Gasteiger charge is 2.34. The van der Waals surface area contributed by atoms with Crippen molar-refractivity contribution in [1.29, 1.82) is 0 Å². The van der Waals surface area contributed by atoms with Gasteiger partial charge in [0.05, 0.1) is 0 Å². The minimum atomic E-state index is 0.452. The van der Waals surface area contributed by atoms with Crippen LogP contribution in [0.1, 0.15) is 32.6 Å². The quantitative estimate of drug-likeness (QED) is 0.671. The van der Waals surface area contributed by atoms with Crippen molar-refractivity contribution in [3.63, 3.8) is 0 Å². The molecule has 12 heavy (non-hydrogen) atoms. The van der Waals surface area contributed by atoms with Crippen LogP contribution in [-0.4, -0.2) is 30.6 Å². The summed E-state index contributed by atoms with van der Waals surface area (Å²) in [5.74, 6) is 0. The minimum Gasteiger partial charge on any atom is -0.326 e. The van der Waals surface area contributed by atoms with Gasteiger partial charge < -0.3 is 10.6 Å². The number of rotatable bonds is 2. The molecule has 1 saturated carbocycles. The summed E-state index contributed by atoms with van der Waals surface area (Å²) in [7, 11) is 0. The molecule has 70 valence electrons. The number of hydrogen-bond donors (Lipinski definition) is 1. The summed E-state index contributed by atoms with van der Waals surface area (Å²) in [6, 6.07) is 0.452. The van der Waals surface area contributed by atoms with Crippen molar-refractivity contribution in [3.05, 3.63) is 0 Å².